The van der Waals surface area contributed by atoms with Crippen molar-refractivity contribution in [3.63, 3.8) is 0 Å². The molecule has 2 atom stereocenters. The topological polar surface area (TPSA) is 64.3 Å². The second-order valence-corrected chi connectivity index (χ2v) is 7.40. The SMILES string of the molecule is Cc1cc(-c2snnc2[C@H]2CCCN(C[C@H]3CCOC3)C2)on1. The lowest BCUT2D eigenvalue weighted by atomic mass is 9.93. The van der Waals surface area contributed by atoms with Crippen molar-refractivity contribution in [1.82, 2.24) is 19.6 Å². The van der Waals surface area contributed by atoms with E-state index in [0.29, 0.717) is 11.8 Å². The summed E-state index contributed by atoms with van der Waals surface area (Å²) >= 11 is 1.41. The van der Waals surface area contributed by atoms with Crippen molar-refractivity contribution in [1.29, 1.82) is 0 Å². The molecule has 0 aliphatic carbocycles. The van der Waals surface area contributed by atoms with E-state index in [1.54, 1.807) is 0 Å². The number of aromatic nitrogens is 3. The highest BCUT2D eigenvalue weighted by molar-refractivity contribution is 7.09. The van der Waals surface area contributed by atoms with E-state index in [2.05, 4.69) is 19.6 Å². The van der Waals surface area contributed by atoms with E-state index < -0.39 is 0 Å². The summed E-state index contributed by atoms with van der Waals surface area (Å²) in [6, 6.07) is 1.97. The van der Waals surface area contributed by atoms with E-state index in [9.17, 15) is 0 Å². The summed E-state index contributed by atoms with van der Waals surface area (Å²) in [6.07, 6.45) is 3.58. The minimum absolute atomic E-state index is 0.435. The Kier molecular flexibility index (Phi) is 4.41. The fourth-order valence-corrected chi connectivity index (χ4v) is 4.34. The monoisotopic (exact) mass is 334 g/mol. The summed E-state index contributed by atoms with van der Waals surface area (Å²) in [7, 11) is 0. The van der Waals surface area contributed by atoms with Gasteiger partial charge in [-0.2, -0.15) is 0 Å². The summed E-state index contributed by atoms with van der Waals surface area (Å²) in [5.74, 6) is 1.93. The minimum atomic E-state index is 0.435. The zero-order valence-corrected chi connectivity index (χ0v) is 14.2. The standard InChI is InChI=1S/C16H22N4O2S/c1-11-7-14(22-18-11)16-15(17-19-23-16)13-3-2-5-20(9-13)8-12-4-6-21-10-12/h7,12-13H,2-6,8-10H2,1H3/t12-,13+/m1/s1. The molecule has 23 heavy (non-hydrogen) atoms. The van der Waals surface area contributed by atoms with Crippen LogP contribution in [0.2, 0.25) is 0 Å². The molecule has 2 fully saturated rings. The van der Waals surface area contributed by atoms with Crippen LogP contribution in [0.3, 0.4) is 0 Å². The van der Waals surface area contributed by atoms with E-state index in [-0.39, 0.29) is 0 Å². The molecule has 2 aliphatic heterocycles. The van der Waals surface area contributed by atoms with Gasteiger partial charge in [0.05, 0.1) is 18.0 Å². The van der Waals surface area contributed by atoms with Gasteiger partial charge in [-0.25, -0.2) is 0 Å². The molecule has 0 N–H and O–H groups in total. The van der Waals surface area contributed by atoms with Gasteiger partial charge >= 0.3 is 0 Å². The third kappa shape index (κ3) is 3.32. The lowest BCUT2D eigenvalue weighted by Gasteiger charge is -2.33. The highest BCUT2D eigenvalue weighted by Gasteiger charge is 2.29. The molecular weight excluding hydrogens is 312 g/mol. The van der Waals surface area contributed by atoms with Gasteiger partial charge in [-0.3, -0.25) is 0 Å². The van der Waals surface area contributed by atoms with E-state index in [1.165, 1.54) is 37.3 Å². The van der Waals surface area contributed by atoms with Gasteiger partial charge < -0.3 is 14.2 Å². The van der Waals surface area contributed by atoms with Crippen LogP contribution in [0.5, 0.6) is 0 Å². The molecule has 124 valence electrons. The van der Waals surface area contributed by atoms with Crippen molar-refractivity contribution in [2.75, 3.05) is 32.8 Å². The molecule has 4 heterocycles. The van der Waals surface area contributed by atoms with Crippen molar-refractivity contribution >= 4 is 11.5 Å². The van der Waals surface area contributed by atoms with Crippen LogP contribution >= 0.6 is 11.5 Å². The normalized spacial score (nSPS) is 26.0. The van der Waals surface area contributed by atoms with Crippen LogP contribution in [0, 0.1) is 12.8 Å². The highest BCUT2D eigenvalue weighted by Crippen LogP contribution is 2.35. The van der Waals surface area contributed by atoms with Crippen molar-refractivity contribution in [2.45, 2.75) is 32.1 Å². The molecule has 2 aliphatic rings. The lowest BCUT2D eigenvalue weighted by Crippen LogP contribution is -2.38. The van der Waals surface area contributed by atoms with Crippen molar-refractivity contribution in [3.05, 3.63) is 17.5 Å². The Morgan fingerprint density at radius 2 is 2.35 bits per heavy atom. The first-order valence-electron chi connectivity index (χ1n) is 8.35. The van der Waals surface area contributed by atoms with E-state index in [0.717, 1.165) is 48.3 Å². The molecule has 0 radical (unpaired) electrons. The van der Waals surface area contributed by atoms with Crippen LogP contribution in [-0.2, 0) is 4.74 Å². The fourth-order valence-electron chi connectivity index (χ4n) is 3.64. The Morgan fingerprint density at radius 1 is 1.39 bits per heavy atom. The lowest BCUT2D eigenvalue weighted by molar-refractivity contribution is 0.149. The van der Waals surface area contributed by atoms with Gasteiger partial charge in [0.2, 0.25) is 0 Å². The highest BCUT2D eigenvalue weighted by atomic mass is 32.1. The first-order valence-corrected chi connectivity index (χ1v) is 9.13. The molecule has 2 aromatic rings. The van der Waals surface area contributed by atoms with E-state index in [1.807, 2.05) is 13.0 Å². The maximum Gasteiger partial charge on any atom is 0.180 e. The number of likely N-dealkylation sites (tertiary alicyclic amines) is 1. The van der Waals surface area contributed by atoms with Crippen molar-refractivity contribution in [3.8, 4) is 10.6 Å². The van der Waals surface area contributed by atoms with Gasteiger partial charge in [0.15, 0.2) is 5.76 Å². The number of piperidine rings is 1. The Bertz CT molecular complexity index is 650. The molecule has 0 aromatic carbocycles. The predicted octanol–water partition coefficient (Wildman–Crippen LogP) is 2.72. The van der Waals surface area contributed by atoms with Crippen LogP contribution in [-0.4, -0.2) is 52.5 Å². The third-order valence-corrected chi connectivity index (χ3v) is 5.55. The van der Waals surface area contributed by atoms with Crippen molar-refractivity contribution in [2.24, 2.45) is 5.92 Å². The zero-order chi connectivity index (χ0) is 15.6. The summed E-state index contributed by atoms with van der Waals surface area (Å²) < 4.78 is 15.1. The van der Waals surface area contributed by atoms with Crippen LogP contribution in [0.1, 0.15) is 36.6 Å². The maximum atomic E-state index is 5.51. The van der Waals surface area contributed by atoms with Crippen LogP contribution in [0.15, 0.2) is 10.6 Å². The Balaban J connectivity index is 1.48. The van der Waals surface area contributed by atoms with E-state index >= 15 is 0 Å². The van der Waals surface area contributed by atoms with Crippen LogP contribution in [0.25, 0.3) is 10.6 Å². The van der Waals surface area contributed by atoms with Gasteiger partial charge in [-0.05, 0) is 50.2 Å². The number of aryl methyl sites for hydroxylation is 1. The molecule has 0 bridgehead atoms. The number of hydrogen-bond donors (Lipinski definition) is 0. The van der Waals surface area contributed by atoms with Gasteiger partial charge in [0.25, 0.3) is 0 Å². The molecule has 4 rings (SSSR count). The molecule has 0 saturated carbocycles. The first-order chi connectivity index (χ1) is 11.3. The average molecular weight is 334 g/mol. The molecule has 2 aromatic heterocycles. The van der Waals surface area contributed by atoms with Gasteiger partial charge in [-0.1, -0.05) is 9.64 Å². The van der Waals surface area contributed by atoms with Gasteiger partial charge in [-0.15, -0.1) is 5.10 Å². The molecular formula is C16H22N4O2S. The van der Waals surface area contributed by atoms with Crippen molar-refractivity contribution < 1.29 is 9.26 Å². The number of hydrogen-bond acceptors (Lipinski definition) is 7. The Labute approximate surface area is 140 Å². The molecule has 0 unspecified atom stereocenters. The second-order valence-electron chi connectivity index (χ2n) is 6.65. The maximum absolute atomic E-state index is 5.51. The van der Waals surface area contributed by atoms with Gasteiger partial charge in [0.1, 0.15) is 4.88 Å². The fraction of sp³-hybridized carbons (Fsp3) is 0.688. The smallest absolute Gasteiger partial charge is 0.180 e. The first kappa shape index (κ1) is 15.2. The molecule has 0 amide bonds. The second kappa shape index (κ2) is 6.67. The zero-order valence-electron chi connectivity index (χ0n) is 13.4. The third-order valence-electron chi connectivity index (χ3n) is 4.80. The Morgan fingerprint density at radius 3 is 3.13 bits per heavy atom. The van der Waals surface area contributed by atoms with Gasteiger partial charge in [0, 0.05) is 31.7 Å². The molecule has 2 saturated heterocycles. The number of ether oxygens (including phenoxy) is 1. The molecule has 7 heteroatoms. The molecule has 6 nitrogen and oxygen atoms in total. The van der Waals surface area contributed by atoms with E-state index in [4.69, 9.17) is 9.26 Å². The quantitative estimate of drug-likeness (QED) is 0.856. The molecule has 0 spiro atoms. The minimum Gasteiger partial charge on any atom is -0.381 e. The predicted molar refractivity (Wildman–Crippen MR) is 87.5 cm³/mol. The largest absolute Gasteiger partial charge is 0.381 e. The van der Waals surface area contributed by atoms with Crippen LogP contribution < -0.4 is 0 Å². The Hall–Kier alpha value is -1.31. The van der Waals surface area contributed by atoms with Crippen LogP contribution in [0.4, 0.5) is 0 Å². The average Bonchev–Trinajstić information content (AvgIpc) is 3.28. The summed E-state index contributed by atoms with van der Waals surface area (Å²) in [4.78, 5) is 3.61. The summed E-state index contributed by atoms with van der Waals surface area (Å²) in [5.41, 5.74) is 1.98. The number of nitrogens with zero attached hydrogens (tertiary/aromatic N) is 4. The number of rotatable bonds is 4. The summed E-state index contributed by atoms with van der Waals surface area (Å²) in [6.45, 7) is 7.16. The summed E-state index contributed by atoms with van der Waals surface area (Å²) in [5, 5.41) is 8.42.